The van der Waals surface area contributed by atoms with E-state index in [1.54, 1.807) is 24.3 Å². The van der Waals surface area contributed by atoms with Crippen molar-refractivity contribution in [3.8, 4) is 11.4 Å². The van der Waals surface area contributed by atoms with E-state index < -0.39 is 17.6 Å². The lowest BCUT2D eigenvalue weighted by Crippen LogP contribution is -2.28. The van der Waals surface area contributed by atoms with Crippen molar-refractivity contribution < 1.29 is 19.4 Å². The Labute approximate surface area is 127 Å². The SMILES string of the molecule is C=CCOC(=O)c1c(C)nc(-c2ccccc2)nc1C(=O)[O-]. The molecule has 0 aliphatic carbocycles. The lowest BCUT2D eigenvalue weighted by Gasteiger charge is -2.13. The highest BCUT2D eigenvalue weighted by molar-refractivity contribution is 6.01. The molecule has 1 heterocycles. The van der Waals surface area contributed by atoms with E-state index in [0.717, 1.165) is 0 Å². The van der Waals surface area contributed by atoms with E-state index in [0.29, 0.717) is 5.56 Å². The summed E-state index contributed by atoms with van der Waals surface area (Å²) in [5.41, 5.74) is 0.156. The van der Waals surface area contributed by atoms with Gasteiger partial charge >= 0.3 is 5.97 Å². The summed E-state index contributed by atoms with van der Waals surface area (Å²) in [5.74, 6) is -2.18. The first-order valence-corrected chi connectivity index (χ1v) is 6.48. The first-order valence-electron chi connectivity index (χ1n) is 6.48. The van der Waals surface area contributed by atoms with E-state index in [1.807, 2.05) is 6.07 Å². The summed E-state index contributed by atoms with van der Waals surface area (Å²) >= 11 is 0. The Kier molecular flexibility index (Phi) is 4.63. The quantitative estimate of drug-likeness (QED) is 0.607. The Morgan fingerprint density at radius 1 is 1.27 bits per heavy atom. The van der Waals surface area contributed by atoms with Crippen LogP contribution in [0.2, 0.25) is 0 Å². The summed E-state index contributed by atoms with van der Waals surface area (Å²) in [4.78, 5) is 31.4. The molecular weight excluding hydrogens is 284 g/mol. The van der Waals surface area contributed by atoms with Gasteiger partial charge in [-0.3, -0.25) is 0 Å². The van der Waals surface area contributed by atoms with Crippen LogP contribution in [-0.2, 0) is 4.74 Å². The molecule has 0 radical (unpaired) electrons. The van der Waals surface area contributed by atoms with E-state index in [2.05, 4.69) is 16.5 Å². The van der Waals surface area contributed by atoms with Crippen LogP contribution in [0.4, 0.5) is 0 Å². The molecule has 0 atom stereocenters. The van der Waals surface area contributed by atoms with Gasteiger partial charge in [0.15, 0.2) is 5.82 Å². The molecule has 1 aromatic heterocycles. The summed E-state index contributed by atoms with van der Waals surface area (Å²) in [6, 6.07) is 8.85. The molecule has 0 unspecified atom stereocenters. The van der Waals surface area contributed by atoms with Crippen molar-refractivity contribution in [2.24, 2.45) is 0 Å². The van der Waals surface area contributed by atoms with Crippen molar-refractivity contribution in [2.75, 3.05) is 6.61 Å². The molecule has 0 saturated carbocycles. The highest BCUT2D eigenvalue weighted by Gasteiger charge is 2.21. The Morgan fingerprint density at radius 3 is 2.55 bits per heavy atom. The van der Waals surface area contributed by atoms with Crippen molar-refractivity contribution in [1.82, 2.24) is 9.97 Å². The molecule has 0 fully saturated rings. The lowest BCUT2D eigenvalue weighted by atomic mass is 10.1. The van der Waals surface area contributed by atoms with E-state index >= 15 is 0 Å². The summed E-state index contributed by atoms with van der Waals surface area (Å²) < 4.78 is 4.87. The molecule has 0 saturated heterocycles. The van der Waals surface area contributed by atoms with Crippen LogP contribution in [-0.4, -0.2) is 28.5 Å². The first kappa shape index (κ1) is 15.4. The number of aromatic carboxylic acids is 1. The highest BCUT2D eigenvalue weighted by atomic mass is 16.5. The van der Waals surface area contributed by atoms with Crippen LogP contribution in [0.25, 0.3) is 11.4 Å². The molecule has 1 aromatic carbocycles. The zero-order valence-electron chi connectivity index (χ0n) is 11.9. The minimum absolute atomic E-state index is 0.0365. The van der Waals surface area contributed by atoms with Crippen LogP contribution in [0.5, 0.6) is 0 Å². The molecule has 2 rings (SSSR count). The second-order valence-corrected chi connectivity index (χ2v) is 4.40. The zero-order chi connectivity index (χ0) is 16.1. The largest absolute Gasteiger partial charge is 0.543 e. The number of aryl methyl sites for hydroxylation is 1. The number of esters is 1. The molecular formula is C16H13N2O4-. The highest BCUT2D eigenvalue weighted by Crippen LogP contribution is 2.19. The smallest absolute Gasteiger partial charge is 0.342 e. The van der Waals surface area contributed by atoms with Gasteiger partial charge < -0.3 is 14.6 Å². The summed E-state index contributed by atoms with van der Waals surface area (Å²) in [5, 5.41) is 11.3. The number of nitrogens with zero attached hydrogens (tertiary/aromatic N) is 2. The van der Waals surface area contributed by atoms with Gasteiger partial charge in [-0.15, -0.1) is 0 Å². The standard InChI is InChI=1S/C16H14N2O4/c1-3-9-22-16(21)12-10(2)17-14(18-13(12)15(19)20)11-7-5-4-6-8-11/h3-8H,1,9H2,2H3,(H,19,20)/p-1. The zero-order valence-corrected chi connectivity index (χ0v) is 11.9. The number of hydrogen-bond donors (Lipinski definition) is 0. The number of carbonyl (C=O) groups is 2. The van der Waals surface area contributed by atoms with Crippen LogP contribution >= 0.6 is 0 Å². The summed E-state index contributed by atoms with van der Waals surface area (Å²) in [7, 11) is 0. The van der Waals surface area contributed by atoms with Gasteiger partial charge in [0, 0.05) is 5.56 Å². The summed E-state index contributed by atoms with van der Waals surface area (Å²) in [6.45, 7) is 4.91. The third kappa shape index (κ3) is 3.17. The molecule has 0 bridgehead atoms. The Balaban J connectivity index is 2.54. The van der Waals surface area contributed by atoms with Crippen LogP contribution in [0.3, 0.4) is 0 Å². The molecule has 0 amide bonds. The fourth-order valence-corrected chi connectivity index (χ4v) is 1.89. The molecule has 0 spiro atoms. The molecule has 0 N–H and O–H groups in total. The van der Waals surface area contributed by atoms with Crippen molar-refractivity contribution in [3.05, 3.63) is 59.9 Å². The maximum atomic E-state index is 12.0. The minimum atomic E-state index is -1.56. The topological polar surface area (TPSA) is 92.2 Å². The molecule has 6 nitrogen and oxygen atoms in total. The van der Waals surface area contributed by atoms with Gasteiger partial charge in [-0.1, -0.05) is 43.0 Å². The minimum Gasteiger partial charge on any atom is -0.543 e. The van der Waals surface area contributed by atoms with Gasteiger partial charge in [-0.05, 0) is 6.92 Å². The molecule has 112 valence electrons. The number of aromatic nitrogens is 2. The maximum absolute atomic E-state index is 12.0. The Morgan fingerprint density at radius 2 is 1.95 bits per heavy atom. The second-order valence-electron chi connectivity index (χ2n) is 4.40. The van der Waals surface area contributed by atoms with E-state index in [-0.39, 0.29) is 23.7 Å². The maximum Gasteiger partial charge on any atom is 0.342 e. The normalized spacial score (nSPS) is 10.0. The molecule has 22 heavy (non-hydrogen) atoms. The van der Waals surface area contributed by atoms with E-state index in [1.165, 1.54) is 13.0 Å². The number of ether oxygens (including phenoxy) is 1. The van der Waals surface area contributed by atoms with Gasteiger partial charge in [0.2, 0.25) is 0 Å². The molecule has 6 heteroatoms. The van der Waals surface area contributed by atoms with Crippen LogP contribution in [0.1, 0.15) is 26.5 Å². The summed E-state index contributed by atoms with van der Waals surface area (Å²) in [6.07, 6.45) is 1.38. The lowest BCUT2D eigenvalue weighted by molar-refractivity contribution is -0.255. The average molecular weight is 297 g/mol. The number of carboxylic acid groups (broad SMARTS) is 1. The number of carboxylic acids is 1. The molecule has 2 aromatic rings. The van der Waals surface area contributed by atoms with Crippen LogP contribution in [0, 0.1) is 6.92 Å². The van der Waals surface area contributed by atoms with Gasteiger partial charge in [0.05, 0.1) is 11.7 Å². The third-order valence-corrected chi connectivity index (χ3v) is 2.85. The van der Waals surface area contributed by atoms with E-state index in [9.17, 15) is 14.7 Å². The Hall–Kier alpha value is -3.02. The third-order valence-electron chi connectivity index (χ3n) is 2.85. The van der Waals surface area contributed by atoms with Crippen molar-refractivity contribution in [1.29, 1.82) is 0 Å². The van der Waals surface area contributed by atoms with Crippen molar-refractivity contribution in [3.63, 3.8) is 0 Å². The fraction of sp³-hybridized carbons (Fsp3) is 0.125. The monoisotopic (exact) mass is 297 g/mol. The van der Waals surface area contributed by atoms with Gasteiger partial charge in [-0.2, -0.15) is 0 Å². The number of hydrogen-bond acceptors (Lipinski definition) is 6. The average Bonchev–Trinajstić information content (AvgIpc) is 2.52. The number of rotatable bonds is 5. The van der Waals surface area contributed by atoms with Gasteiger partial charge in [0.25, 0.3) is 0 Å². The van der Waals surface area contributed by atoms with Gasteiger partial charge in [-0.25, -0.2) is 14.8 Å². The van der Waals surface area contributed by atoms with Crippen molar-refractivity contribution >= 4 is 11.9 Å². The van der Waals surface area contributed by atoms with Gasteiger partial charge in [0.1, 0.15) is 17.9 Å². The predicted molar refractivity (Wildman–Crippen MR) is 77.0 cm³/mol. The number of carbonyl (C=O) groups excluding carboxylic acids is 2. The van der Waals surface area contributed by atoms with E-state index in [4.69, 9.17) is 4.74 Å². The molecule has 0 aliphatic heterocycles. The fourth-order valence-electron chi connectivity index (χ4n) is 1.89. The first-order chi connectivity index (χ1) is 10.5. The van der Waals surface area contributed by atoms with Crippen LogP contribution in [0.15, 0.2) is 43.0 Å². The Bertz CT molecular complexity index is 726. The number of benzene rings is 1. The molecule has 0 aliphatic rings. The van der Waals surface area contributed by atoms with Crippen LogP contribution < -0.4 is 5.11 Å². The predicted octanol–water partition coefficient (Wildman–Crippen LogP) is 1.16. The van der Waals surface area contributed by atoms with Crippen molar-refractivity contribution in [2.45, 2.75) is 6.92 Å². The second kappa shape index (κ2) is 6.62.